The molecular weight excluding hydrogens is 316 g/mol. The summed E-state index contributed by atoms with van der Waals surface area (Å²) in [5.41, 5.74) is 8.83. The molecule has 0 heterocycles. The summed E-state index contributed by atoms with van der Waals surface area (Å²) < 4.78 is 0. The smallest absolute Gasteiger partial charge is 0.323 e. The second-order valence-electron chi connectivity index (χ2n) is 5.24. The van der Waals surface area contributed by atoms with Crippen LogP contribution in [0.2, 0.25) is 0 Å². The van der Waals surface area contributed by atoms with Crippen LogP contribution in [0.25, 0.3) is 4.85 Å². The lowest BCUT2D eigenvalue weighted by Gasteiger charge is -2.08. The molecule has 2 aromatic carbocycles. The molecule has 7 nitrogen and oxygen atoms in total. The quantitative estimate of drug-likeness (QED) is 0.341. The molecular formula is C18H18N6O. The van der Waals surface area contributed by atoms with Gasteiger partial charge in [0, 0.05) is 11.4 Å². The van der Waals surface area contributed by atoms with Gasteiger partial charge in [0.25, 0.3) is 0 Å². The van der Waals surface area contributed by atoms with E-state index in [0.717, 1.165) is 11.3 Å². The zero-order valence-corrected chi connectivity index (χ0v) is 13.9. The predicted molar refractivity (Wildman–Crippen MR) is 101 cm³/mol. The Hall–Kier alpha value is -3.66. The first kappa shape index (κ1) is 17.7. The van der Waals surface area contributed by atoms with Crippen molar-refractivity contribution in [3.05, 3.63) is 65.5 Å². The summed E-state index contributed by atoms with van der Waals surface area (Å²) in [6, 6.07) is 13.5. The highest BCUT2D eigenvalue weighted by Crippen LogP contribution is 2.16. The number of benzene rings is 2. The number of carbonyl (C=O) groups excluding carboxylic acids is 1. The van der Waals surface area contributed by atoms with Crippen LogP contribution in [0, 0.1) is 6.57 Å². The van der Waals surface area contributed by atoms with Gasteiger partial charge in [-0.3, -0.25) is 0 Å². The number of carbonyl (C=O) groups is 1. The second-order valence-corrected chi connectivity index (χ2v) is 5.24. The summed E-state index contributed by atoms with van der Waals surface area (Å²) in [5, 5.41) is 13.3. The highest BCUT2D eigenvalue weighted by atomic mass is 16.2. The Labute approximate surface area is 146 Å². The molecule has 0 atom stereocenters. The molecule has 0 aliphatic rings. The van der Waals surface area contributed by atoms with Gasteiger partial charge in [-0.1, -0.05) is 24.3 Å². The standard InChI is InChI=1S/C18H18N6O/c1-12(23-24-13(2)19)14-4-6-16(7-5-14)21-18(25)22-17-10-8-15(20-3)9-11-17/h4-11H,1-2H3,(H2,19,24)(H2,21,22,25)/b23-12-. The molecule has 0 bridgehead atoms. The average Bonchev–Trinajstić information content (AvgIpc) is 2.61. The first-order valence-corrected chi connectivity index (χ1v) is 7.48. The van der Waals surface area contributed by atoms with E-state index in [0.29, 0.717) is 22.9 Å². The number of amides is 2. The van der Waals surface area contributed by atoms with E-state index < -0.39 is 0 Å². The van der Waals surface area contributed by atoms with Crippen LogP contribution >= 0.6 is 0 Å². The molecule has 0 aliphatic carbocycles. The van der Waals surface area contributed by atoms with Crippen molar-refractivity contribution >= 4 is 34.6 Å². The van der Waals surface area contributed by atoms with Crippen molar-refractivity contribution in [2.24, 2.45) is 15.9 Å². The molecule has 7 heteroatoms. The van der Waals surface area contributed by atoms with Crippen LogP contribution < -0.4 is 16.4 Å². The first-order chi connectivity index (χ1) is 12.0. The zero-order chi connectivity index (χ0) is 18.2. The van der Waals surface area contributed by atoms with Crippen molar-refractivity contribution in [1.29, 1.82) is 0 Å². The van der Waals surface area contributed by atoms with Crippen LogP contribution in [0.1, 0.15) is 19.4 Å². The minimum atomic E-state index is -0.364. The summed E-state index contributed by atoms with van der Waals surface area (Å²) in [4.78, 5) is 15.3. The number of rotatable bonds is 4. The van der Waals surface area contributed by atoms with Gasteiger partial charge >= 0.3 is 6.03 Å². The van der Waals surface area contributed by atoms with Crippen molar-refractivity contribution in [2.45, 2.75) is 13.8 Å². The van der Waals surface area contributed by atoms with Gasteiger partial charge in [0.2, 0.25) is 0 Å². The average molecular weight is 334 g/mol. The summed E-state index contributed by atoms with van der Waals surface area (Å²) in [6.07, 6.45) is 0. The third-order valence-corrected chi connectivity index (χ3v) is 3.17. The van der Waals surface area contributed by atoms with E-state index in [1.165, 1.54) is 0 Å². The molecule has 0 fully saturated rings. The van der Waals surface area contributed by atoms with E-state index in [1.807, 2.05) is 19.1 Å². The van der Waals surface area contributed by atoms with Gasteiger partial charge in [0.05, 0.1) is 12.3 Å². The Kier molecular flexibility index (Phi) is 5.85. The topological polar surface area (TPSA) is 96.2 Å². The zero-order valence-electron chi connectivity index (χ0n) is 13.9. The molecule has 0 spiro atoms. The monoisotopic (exact) mass is 334 g/mol. The molecule has 0 aliphatic heterocycles. The number of amidine groups is 1. The Balaban J connectivity index is 1.98. The lowest BCUT2D eigenvalue weighted by atomic mass is 10.1. The molecule has 0 aromatic heterocycles. The molecule has 126 valence electrons. The largest absolute Gasteiger partial charge is 0.386 e. The third kappa shape index (κ3) is 5.48. The van der Waals surface area contributed by atoms with Crippen molar-refractivity contribution in [3.8, 4) is 0 Å². The van der Waals surface area contributed by atoms with Crippen LogP contribution in [0.3, 0.4) is 0 Å². The number of nitrogens with one attached hydrogen (secondary N) is 2. The van der Waals surface area contributed by atoms with Gasteiger partial charge in [0.15, 0.2) is 5.69 Å². The Bertz CT molecular complexity index is 841. The summed E-state index contributed by atoms with van der Waals surface area (Å²) >= 11 is 0. The van der Waals surface area contributed by atoms with Crippen molar-refractivity contribution in [3.63, 3.8) is 0 Å². The maximum atomic E-state index is 12.0. The molecule has 25 heavy (non-hydrogen) atoms. The molecule has 0 radical (unpaired) electrons. The summed E-state index contributed by atoms with van der Waals surface area (Å²) in [5.74, 6) is 0.388. The van der Waals surface area contributed by atoms with Gasteiger partial charge in [-0.2, -0.15) is 5.10 Å². The number of anilines is 2. The van der Waals surface area contributed by atoms with Crippen LogP contribution in [-0.2, 0) is 0 Å². The molecule has 0 saturated carbocycles. The van der Waals surface area contributed by atoms with Crippen LogP contribution in [-0.4, -0.2) is 17.6 Å². The predicted octanol–water partition coefficient (Wildman–Crippen LogP) is 3.98. The van der Waals surface area contributed by atoms with E-state index in [-0.39, 0.29) is 6.03 Å². The van der Waals surface area contributed by atoms with Gasteiger partial charge in [-0.15, -0.1) is 5.10 Å². The van der Waals surface area contributed by atoms with Crippen molar-refractivity contribution < 1.29 is 4.79 Å². The minimum absolute atomic E-state index is 0.364. The summed E-state index contributed by atoms with van der Waals surface area (Å²) in [7, 11) is 0. The first-order valence-electron chi connectivity index (χ1n) is 7.48. The van der Waals surface area contributed by atoms with E-state index in [2.05, 4.69) is 25.7 Å². The van der Waals surface area contributed by atoms with E-state index >= 15 is 0 Å². The fourth-order valence-corrected chi connectivity index (χ4v) is 1.92. The Morgan fingerprint density at radius 1 is 0.960 bits per heavy atom. The molecule has 0 unspecified atom stereocenters. The lowest BCUT2D eigenvalue weighted by molar-refractivity contribution is 0.262. The highest BCUT2D eigenvalue weighted by Gasteiger charge is 2.04. The van der Waals surface area contributed by atoms with E-state index in [9.17, 15) is 4.79 Å². The Morgan fingerprint density at radius 2 is 1.48 bits per heavy atom. The maximum absolute atomic E-state index is 12.0. The van der Waals surface area contributed by atoms with Crippen molar-refractivity contribution in [2.75, 3.05) is 10.6 Å². The molecule has 2 aromatic rings. The minimum Gasteiger partial charge on any atom is -0.386 e. The van der Waals surface area contributed by atoms with Crippen LogP contribution in [0.4, 0.5) is 21.9 Å². The Morgan fingerprint density at radius 3 is 1.96 bits per heavy atom. The van der Waals surface area contributed by atoms with Gasteiger partial charge in [-0.05, 0) is 43.7 Å². The SMILES string of the molecule is [C-]#[N+]c1ccc(NC(=O)Nc2ccc(/C(C)=N\N=C(C)N)cc2)cc1. The molecule has 2 rings (SSSR count). The lowest BCUT2D eigenvalue weighted by Crippen LogP contribution is -2.19. The fraction of sp³-hybridized carbons (Fsp3) is 0.111. The third-order valence-electron chi connectivity index (χ3n) is 3.17. The van der Waals surface area contributed by atoms with Gasteiger partial charge in [0.1, 0.15) is 5.84 Å². The summed E-state index contributed by atoms with van der Waals surface area (Å²) in [6.45, 7) is 10.4. The maximum Gasteiger partial charge on any atom is 0.323 e. The van der Waals surface area contributed by atoms with Gasteiger partial charge < -0.3 is 16.4 Å². The normalized spacial score (nSPS) is 11.6. The number of urea groups is 1. The van der Waals surface area contributed by atoms with Gasteiger partial charge in [-0.25, -0.2) is 9.64 Å². The fourth-order valence-electron chi connectivity index (χ4n) is 1.92. The molecule has 4 N–H and O–H groups in total. The number of nitrogens with zero attached hydrogens (tertiary/aromatic N) is 3. The van der Waals surface area contributed by atoms with E-state index in [4.69, 9.17) is 12.3 Å². The molecule has 2 amide bonds. The van der Waals surface area contributed by atoms with E-state index in [1.54, 1.807) is 43.3 Å². The van der Waals surface area contributed by atoms with Crippen LogP contribution in [0.15, 0.2) is 58.7 Å². The number of hydrogen-bond acceptors (Lipinski definition) is 3. The van der Waals surface area contributed by atoms with Crippen LogP contribution in [0.5, 0.6) is 0 Å². The second kappa shape index (κ2) is 8.26. The number of hydrogen-bond donors (Lipinski definition) is 3. The van der Waals surface area contributed by atoms with Crippen molar-refractivity contribution in [1.82, 2.24) is 0 Å². The number of nitrogens with two attached hydrogens (primary N) is 1. The molecule has 0 saturated heterocycles. The highest BCUT2D eigenvalue weighted by molar-refractivity contribution is 6.01.